The van der Waals surface area contributed by atoms with Crippen molar-refractivity contribution >= 4 is 0 Å². The first-order valence-electron chi connectivity index (χ1n) is 7.63. The number of fused-ring (bicyclic) bond motifs is 1. The van der Waals surface area contributed by atoms with Crippen LogP contribution in [0.2, 0.25) is 0 Å². The number of imidazole rings is 1. The second kappa shape index (κ2) is 5.79. The molecule has 8 heteroatoms. The monoisotopic (exact) mass is 331 g/mol. The molecule has 0 fully saturated rings. The van der Waals surface area contributed by atoms with E-state index >= 15 is 0 Å². The molecule has 3 heterocycles. The van der Waals surface area contributed by atoms with E-state index < -0.39 is 11.6 Å². The minimum atomic E-state index is -0.626. The van der Waals surface area contributed by atoms with Gasteiger partial charge in [0, 0.05) is 25.6 Å². The van der Waals surface area contributed by atoms with Crippen molar-refractivity contribution in [2.24, 2.45) is 0 Å². The van der Waals surface area contributed by atoms with Gasteiger partial charge in [0.05, 0.1) is 23.5 Å². The molecule has 4 rings (SSSR count). The Morgan fingerprint density at radius 3 is 2.92 bits per heavy atom. The fourth-order valence-electron chi connectivity index (χ4n) is 2.89. The first kappa shape index (κ1) is 14.9. The maximum atomic E-state index is 13.9. The van der Waals surface area contributed by atoms with Gasteiger partial charge in [-0.25, -0.2) is 13.8 Å². The molecule has 0 atom stereocenters. The van der Waals surface area contributed by atoms with Crippen LogP contribution < -0.4 is 0 Å². The molecule has 6 nitrogen and oxygen atoms in total. The zero-order chi connectivity index (χ0) is 16.7. The molecule has 2 aromatic heterocycles. The quantitative estimate of drug-likeness (QED) is 0.799. The van der Waals surface area contributed by atoms with Gasteiger partial charge in [-0.3, -0.25) is 4.90 Å². The van der Waals surface area contributed by atoms with Gasteiger partial charge in [0.25, 0.3) is 0 Å². The number of benzene rings is 1. The Balaban J connectivity index is 1.55. The summed E-state index contributed by atoms with van der Waals surface area (Å²) in [7, 11) is 0. The van der Waals surface area contributed by atoms with Crippen LogP contribution >= 0.6 is 0 Å². The van der Waals surface area contributed by atoms with Gasteiger partial charge < -0.3 is 9.51 Å². The first-order chi connectivity index (χ1) is 11.6. The molecule has 0 spiro atoms. The van der Waals surface area contributed by atoms with E-state index in [4.69, 9.17) is 4.52 Å². The minimum Gasteiger partial charge on any atom is -0.340 e. The van der Waals surface area contributed by atoms with Gasteiger partial charge in [-0.05, 0) is 19.1 Å². The summed E-state index contributed by atoms with van der Waals surface area (Å²) >= 11 is 0. The van der Waals surface area contributed by atoms with Crippen LogP contribution in [-0.2, 0) is 19.5 Å². The SMILES string of the molecule is Cc1noc(CN2CCc3nc(-c4ccc(F)cc4F)[nH]c3C2)n1. The Bertz CT molecular complexity index is 888. The van der Waals surface area contributed by atoms with Crippen molar-refractivity contribution in [2.75, 3.05) is 6.54 Å². The fraction of sp³-hybridized carbons (Fsp3) is 0.312. The van der Waals surface area contributed by atoms with Gasteiger partial charge in [-0.1, -0.05) is 5.16 Å². The summed E-state index contributed by atoms with van der Waals surface area (Å²) in [4.78, 5) is 14.0. The van der Waals surface area contributed by atoms with Crippen LogP contribution in [0.1, 0.15) is 23.1 Å². The molecule has 0 amide bonds. The molecule has 1 aliphatic rings. The summed E-state index contributed by atoms with van der Waals surface area (Å²) in [6.07, 6.45) is 0.738. The average Bonchev–Trinajstić information content (AvgIpc) is 3.13. The highest BCUT2D eigenvalue weighted by Crippen LogP contribution is 2.25. The molecular weight excluding hydrogens is 316 g/mol. The maximum absolute atomic E-state index is 13.9. The molecule has 3 aromatic rings. The zero-order valence-corrected chi connectivity index (χ0v) is 13.0. The molecule has 0 saturated heterocycles. The molecule has 1 N–H and O–H groups in total. The fourth-order valence-corrected chi connectivity index (χ4v) is 2.89. The second-order valence-corrected chi connectivity index (χ2v) is 5.83. The Kier molecular flexibility index (Phi) is 3.61. The number of H-pyrrole nitrogens is 1. The summed E-state index contributed by atoms with van der Waals surface area (Å²) in [5, 5.41) is 3.78. The number of halogens is 2. The topological polar surface area (TPSA) is 70.8 Å². The van der Waals surface area contributed by atoms with Crippen molar-refractivity contribution in [3.05, 3.63) is 52.9 Å². The predicted molar refractivity (Wildman–Crippen MR) is 80.8 cm³/mol. The summed E-state index contributed by atoms with van der Waals surface area (Å²) in [6.45, 7) is 3.76. The average molecular weight is 331 g/mol. The highest BCUT2D eigenvalue weighted by Gasteiger charge is 2.23. The predicted octanol–water partition coefficient (Wildman–Crippen LogP) is 2.60. The number of hydrogen-bond acceptors (Lipinski definition) is 5. The third-order valence-corrected chi connectivity index (χ3v) is 4.03. The number of rotatable bonds is 3. The van der Waals surface area contributed by atoms with Crippen LogP contribution in [0.5, 0.6) is 0 Å². The van der Waals surface area contributed by atoms with Crippen molar-refractivity contribution < 1.29 is 13.3 Å². The summed E-state index contributed by atoms with van der Waals surface area (Å²) < 4.78 is 32.1. The third-order valence-electron chi connectivity index (χ3n) is 4.03. The number of nitrogens with one attached hydrogen (secondary N) is 1. The van der Waals surface area contributed by atoms with E-state index in [1.165, 1.54) is 12.1 Å². The van der Waals surface area contributed by atoms with E-state index in [-0.39, 0.29) is 5.56 Å². The lowest BCUT2D eigenvalue weighted by Gasteiger charge is -2.24. The highest BCUT2D eigenvalue weighted by molar-refractivity contribution is 5.57. The largest absolute Gasteiger partial charge is 0.340 e. The molecule has 0 unspecified atom stereocenters. The molecule has 0 aliphatic carbocycles. The Labute approximate surface area is 136 Å². The molecular formula is C16H15F2N5O. The molecule has 0 saturated carbocycles. The smallest absolute Gasteiger partial charge is 0.240 e. The maximum Gasteiger partial charge on any atom is 0.240 e. The van der Waals surface area contributed by atoms with E-state index in [9.17, 15) is 8.78 Å². The minimum absolute atomic E-state index is 0.268. The van der Waals surface area contributed by atoms with E-state index in [1.54, 1.807) is 6.92 Å². The van der Waals surface area contributed by atoms with E-state index in [0.717, 1.165) is 30.4 Å². The number of aromatic amines is 1. The highest BCUT2D eigenvalue weighted by atomic mass is 19.1. The van der Waals surface area contributed by atoms with Gasteiger partial charge in [0.1, 0.15) is 17.5 Å². The van der Waals surface area contributed by atoms with E-state index in [0.29, 0.717) is 30.6 Å². The van der Waals surface area contributed by atoms with Crippen molar-refractivity contribution in [3.8, 4) is 11.4 Å². The Morgan fingerprint density at radius 2 is 2.17 bits per heavy atom. The number of nitrogens with zero attached hydrogens (tertiary/aromatic N) is 4. The van der Waals surface area contributed by atoms with Crippen LogP contribution in [0.15, 0.2) is 22.7 Å². The van der Waals surface area contributed by atoms with Gasteiger partial charge >= 0.3 is 0 Å². The van der Waals surface area contributed by atoms with Crippen LogP contribution in [0.3, 0.4) is 0 Å². The number of aromatic nitrogens is 4. The Morgan fingerprint density at radius 1 is 1.29 bits per heavy atom. The van der Waals surface area contributed by atoms with Crippen LogP contribution in [0.4, 0.5) is 8.78 Å². The van der Waals surface area contributed by atoms with Crippen LogP contribution in [0, 0.1) is 18.6 Å². The molecule has 1 aliphatic heterocycles. The number of hydrogen-bond donors (Lipinski definition) is 1. The molecule has 24 heavy (non-hydrogen) atoms. The zero-order valence-electron chi connectivity index (χ0n) is 13.0. The third kappa shape index (κ3) is 2.80. The van der Waals surface area contributed by atoms with Crippen LogP contribution in [-0.4, -0.2) is 31.6 Å². The lowest BCUT2D eigenvalue weighted by Crippen LogP contribution is -2.30. The van der Waals surface area contributed by atoms with Crippen molar-refractivity contribution in [1.82, 2.24) is 25.0 Å². The lowest BCUT2D eigenvalue weighted by molar-refractivity contribution is 0.207. The molecule has 0 bridgehead atoms. The van der Waals surface area contributed by atoms with Crippen LogP contribution in [0.25, 0.3) is 11.4 Å². The Hall–Kier alpha value is -2.61. The van der Waals surface area contributed by atoms with Gasteiger partial charge in [-0.2, -0.15) is 4.98 Å². The van der Waals surface area contributed by atoms with E-state index in [2.05, 4.69) is 25.0 Å². The summed E-state index contributed by atoms with van der Waals surface area (Å²) in [5.41, 5.74) is 2.10. The second-order valence-electron chi connectivity index (χ2n) is 5.83. The molecule has 0 radical (unpaired) electrons. The van der Waals surface area contributed by atoms with Gasteiger partial charge in [-0.15, -0.1) is 0 Å². The molecule has 1 aromatic carbocycles. The van der Waals surface area contributed by atoms with Gasteiger partial charge in [0.2, 0.25) is 5.89 Å². The summed E-state index contributed by atoms with van der Waals surface area (Å²) in [5.74, 6) is 0.374. The standard InChI is InChI=1S/C16H15F2N5O/c1-9-19-15(24-22-9)8-23-5-4-13-14(7-23)21-16(20-13)11-3-2-10(17)6-12(11)18/h2-3,6H,4-5,7-8H2,1H3,(H,20,21). The normalized spacial score (nSPS) is 14.8. The molecule has 124 valence electrons. The van der Waals surface area contributed by atoms with Crippen molar-refractivity contribution in [3.63, 3.8) is 0 Å². The van der Waals surface area contributed by atoms with E-state index in [1.807, 2.05) is 0 Å². The first-order valence-corrected chi connectivity index (χ1v) is 7.63. The number of aryl methyl sites for hydroxylation is 1. The van der Waals surface area contributed by atoms with Crippen molar-refractivity contribution in [2.45, 2.75) is 26.4 Å². The lowest BCUT2D eigenvalue weighted by atomic mass is 10.1. The van der Waals surface area contributed by atoms with Crippen molar-refractivity contribution in [1.29, 1.82) is 0 Å². The summed E-state index contributed by atoms with van der Waals surface area (Å²) in [6, 6.07) is 3.49. The van der Waals surface area contributed by atoms with Gasteiger partial charge in [0.15, 0.2) is 5.82 Å².